The summed E-state index contributed by atoms with van der Waals surface area (Å²) >= 11 is 0. The summed E-state index contributed by atoms with van der Waals surface area (Å²) in [7, 11) is 0. The molecule has 12 heavy (non-hydrogen) atoms. The molecule has 3 nitrogen and oxygen atoms in total. The number of nitrogens with zero attached hydrogens (tertiary/aromatic N) is 1. The molecule has 0 atom stereocenters. The second kappa shape index (κ2) is 11.7. The third kappa shape index (κ3) is 7.33. The molecule has 0 aliphatic rings. The van der Waals surface area contributed by atoms with E-state index in [2.05, 4.69) is 16.4 Å². The van der Waals surface area contributed by atoms with Crippen LogP contribution in [-0.4, -0.2) is 16.0 Å². The van der Waals surface area contributed by atoms with Crippen LogP contribution in [0.1, 0.15) is 17.4 Å². The maximum absolute atomic E-state index is 10.4. The van der Waals surface area contributed by atoms with E-state index in [1.165, 1.54) is 13.0 Å². The van der Waals surface area contributed by atoms with E-state index in [1.807, 2.05) is 0 Å². The van der Waals surface area contributed by atoms with Crippen LogP contribution in [0, 0.1) is 21.1 Å². The van der Waals surface area contributed by atoms with Gasteiger partial charge in [0.1, 0.15) is 0 Å². The van der Waals surface area contributed by atoms with E-state index in [4.69, 9.17) is 0 Å². The van der Waals surface area contributed by atoms with Crippen molar-refractivity contribution in [2.75, 3.05) is 0 Å². The van der Waals surface area contributed by atoms with E-state index in [0.29, 0.717) is 5.69 Å². The summed E-state index contributed by atoms with van der Waals surface area (Å²) < 4.78 is 0. The van der Waals surface area contributed by atoms with Crippen LogP contribution >= 0.6 is 0 Å². The molecule has 0 fully saturated rings. The first-order valence-electron chi connectivity index (χ1n) is 2.23. The summed E-state index contributed by atoms with van der Waals surface area (Å²) in [6.45, 7) is 1.46. The largest absolute Gasteiger partial charge is 0.389 e. The van der Waals surface area contributed by atoms with E-state index >= 15 is 0 Å². The molecular weight excluding hydrogens is 401 g/mol. The first kappa shape index (κ1) is 23.0. The molecule has 0 amide bonds. The molecule has 1 heterocycles. The molecule has 0 saturated carbocycles. The van der Waals surface area contributed by atoms with E-state index in [0.717, 1.165) is 0 Å². The maximum atomic E-state index is 10.4. The first-order valence-corrected chi connectivity index (χ1v) is 2.23. The Kier molecular flexibility index (Phi) is 22.3. The number of ketones is 1. The molecule has 0 unspecified atom stereocenters. The zero-order valence-electron chi connectivity index (χ0n) is 7.42. The number of H-pyrrole nitrogens is 1. The number of hydrogen-bond acceptors (Lipinski definition) is 2. The van der Waals surface area contributed by atoms with Gasteiger partial charge in [0.2, 0.25) is 0 Å². The maximum Gasteiger partial charge on any atom is 0.0990 e. The minimum Gasteiger partial charge on any atom is -0.389 e. The molecule has 0 aliphatic heterocycles. The summed E-state index contributed by atoms with van der Waals surface area (Å²) in [6.07, 6.45) is 2.55. The van der Waals surface area contributed by atoms with Crippen molar-refractivity contribution in [3.05, 3.63) is 32.8 Å². The molecule has 1 aromatic heterocycles. The van der Waals surface area contributed by atoms with E-state index < -0.39 is 0 Å². The summed E-state index contributed by atoms with van der Waals surface area (Å²) in [5.41, 5.74) is 0.435. The van der Waals surface area contributed by atoms with Crippen LogP contribution < -0.4 is 0 Å². The number of carbonyl (C=O) groups excluding carboxylic acids is 1. The Morgan fingerprint density at radius 3 is 2.25 bits per heavy atom. The Morgan fingerprint density at radius 1 is 1.58 bits per heavy atom. The third-order valence-electron chi connectivity index (χ3n) is 0.811. The van der Waals surface area contributed by atoms with Crippen LogP contribution in [0.25, 0.3) is 0 Å². The quantitative estimate of drug-likeness (QED) is 0.559. The zero-order valence-corrected chi connectivity index (χ0v) is 13.2. The first-order chi connectivity index (χ1) is 3.80. The Balaban J connectivity index is -0.0000000800. The van der Waals surface area contributed by atoms with Gasteiger partial charge >= 0.3 is 0 Å². The van der Waals surface area contributed by atoms with Crippen LogP contribution in [0.3, 0.4) is 0 Å². The van der Waals surface area contributed by atoms with Gasteiger partial charge in [-0.05, 0) is 12.6 Å². The summed E-state index contributed by atoms with van der Waals surface area (Å²) in [4.78, 5) is 10.4. The van der Waals surface area contributed by atoms with E-state index in [-0.39, 0.29) is 74.4 Å². The molecular formula is C7H11N2OWY-3. The number of nitrogens with one attached hydrogen (secondary N) is 1. The smallest absolute Gasteiger partial charge is 0.0990 e. The predicted molar refractivity (Wildman–Crippen MR) is 40.3 cm³/mol. The topological polar surface area (TPSA) is 45.8 Å². The number of carbonyl (C=O) groups is 1. The van der Waals surface area contributed by atoms with E-state index in [1.54, 1.807) is 0 Å². The predicted octanol–water partition coefficient (Wildman–Crippen LogP) is 1.31. The molecule has 0 spiro atoms. The standard InChI is InChI=1S/C5H5N2O.2CH3.W.Y/c1-4(8)5-2-3-6-7-5;;;;/h2H,1H3,(H,6,7);2*1H3;;/q3*-1;;. The third-order valence-corrected chi connectivity index (χ3v) is 0.811. The Hall–Kier alpha value is 0.672. The van der Waals surface area contributed by atoms with Gasteiger partial charge < -0.3 is 24.7 Å². The molecule has 0 saturated heterocycles. The van der Waals surface area contributed by atoms with Gasteiger partial charge in [-0.15, -0.1) is 0 Å². The second-order valence-electron chi connectivity index (χ2n) is 1.45. The van der Waals surface area contributed by atoms with Crippen LogP contribution in [0.5, 0.6) is 0 Å². The fourth-order valence-electron chi connectivity index (χ4n) is 0.406. The number of Topliss-reactive ketones (excluding diaryl/α,β-unsaturated/α-hetero) is 1. The SMILES string of the molecule is CC(=O)c1c[c-][nH]n1.[CH3-].[CH3-].[W].[Y]. The summed E-state index contributed by atoms with van der Waals surface area (Å²) in [5, 5.41) is 6.00. The number of aromatic amines is 1. The molecule has 0 aliphatic carbocycles. The van der Waals surface area contributed by atoms with Gasteiger partial charge in [-0.1, -0.05) is 0 Å². The van der Waals surface area contributed by atoms with Crippen LogP contribution in [-0.2, 0) is 53.8 Å². The van der Waals surface area contributed by atoms with E-state index in [9.17, 15) is 4.79 Å². The fourth-order valence-corrected chi connectivity index (χ4v) is 0.406. The van der Waals surface area contributed by atoms with Crippen LogP contribution in [0.4, 0.5) is 0 Å². The Labute approximate surface area is 113 Å². The minimum absolute atomic E-state index is 0. The van der Waals surface area contributed by atoms with Crippen LogP contribution in [0.2, 0.25) is 0 Å². The normalized spacial score (nSPS) is 6.08. The van der Waals surface area contributed by atoms with Gasteiger partial charge in [0.15, 0.2) is 0 Å². The van der Waals surface area contributed by atoms with Crippen LogP contribution in [0.15, 0.2) is 6.07 Å². The Morgan fingerprint density at radius 2 is 2.08 bits per heavy atom. The summed E-state index contributed by atoms with van der Waals surface area (Å²) in [6, 6.07) is 1.52. The Bertz CT molecular complexity index is 189. The van der Waals surface area contributed by atoms with Crippen molar-refractivity contribution < 1.29 is 58.6 Å². The molecule has 5 heteroatoms. The average Bonchev–Trinajstić information content (AvgIpc) is 2.12. The molecule has 0 aromatic carbocycles. The molecule has 67 valence electrons. The van der Waals surface area contributed by atoms with Crippen molar-refractivity contribution in [2.45, 2.75) is 6.92 Å². The van der Waals surface area contributed by atoms with Crippen molar-refractivity contribution in [1.29, 1.82) is 0 Å². The fraction of sp³-hybridized carbons (Fsp3) is 0.143. The summed E-state index contributed by atoms with van der Waals surface area (Å²) in [5.74, 6) is -0.0394. The monoisotopic (exact) mass is 412 g/mol. The van der Waals surface area contributed by atoms with Gasteiger partial charge in [-0.2, -0.15) is 12.3 Å². The molecule has 1 aromatic rings. The molecule has 1 rings (SSSR count). The second-order valence-corrected chi connectivity index (χ2v) is 1.45. The van der Waals surface area contributed by atoms with Crippen molar-refractivity contribution in [3.8, 4) is 0 Å². The zero-order chi connectivity index (χ0) is 5.98. The van der Waals surface area contributed by atoms with Gasteiger partial charge in [-0.3, -0.25) is 5.10 Å². The number of hydrogen-bond donors (Lipinski definition) is 1. The van der Waals surface area contributed by atoms with Gasteiger partial charge in [0.05, 0.1) is 5.78 Å². The molecule has 1 N–H and O–H groups in total. The number of aromatic nitrogens is 2. The van der Waals surface area contributed by atoms with Crippen molar-refractivity contribution in [3.63, 3.8) is 0 Å². The van der Waals surface area contributed by atoms with Gasteiger partial charge in [-0.25, -0.2) is 0 Å². The van der Waals surface area contributed by atoms with Gasteiger partial charge in [0, 0.05) is 53.8 Å². The minimum atomic E-state index is -0.0394. The molecule has 0 bridgehead atoms. The molecule has 1 radical (unpaired) electrons. The van der Waals surface area contributed by atoms with Gasteiger partial charge in [0.25, 0.3) is 0 Å². The van der Waals surface area contributed by atoms with Crippen molar-refractivity contribution in [2.24, 2.45) is 0 Å². The van der Waals surface area contributed by atoms with Crippen molar-refractivity contribution in [1.82, 2.24) is 10.2 Å². The number of rotatable bonds is 1. The van der Waals surface area contributed by atoms with Crippen molar-refractivity contribution >= 4 is 5.78 Å². The average molecular weight is 412 g/mol.